The van der Waals surface area contributed by atoms with E-state index < -0.39 is 0 Å². The van der Waals surface area contributed by atoms with E-state index >= 15 is 0 Å². The van der Waals surface area contributed by atoms with Gasteiger partial charge in [-0.05, 0) is 31.5 Å². The third kappa shape index (κ3) is 4.68. The zero-order chi connectivity index (χ0) is 19.4. The molecule has 2 aliphatic rings. The summed E-state index contributed by atoms with van der Waals surface area (Å²) in [5.74, 6) is 0.0819. The van der Waals surface area contributed by atoms with Crippen LogP contribution in [0.5, 0.6) is 5.75 Å². The fraction of sp³-hybridized carbons (Fsp3) is 0.500. The number of likely N-dealkylation sites (N-methyl/N-ethyl adjacent to an activating group) is 1. The molecule has 146 valence electrons. The number of carbonyl (C=O) groups is 3. The molecule has 1 saturated heterocycles. The van der Waals surface area contributed by atoms with Gasteiger partial charge in [0.2, 0.25) is 5.91 Å². The summed E-state index contributed by atoms with van der Waals surface area (Å²) in [5, 5.41) is 5.56. The number of fused-ring (bicyclic) bond motifs is 1. The highest BCUT2D eigenvalue weighted by molar-refractivity contribution is 5.98. The Morgan fingerprint density at radius 2 is 2.19 bits per heavy atom. The monoisotopic (exact) mass is 375 g/mol. The van der Waals surface area contributed by atoms with Crippen LogP contribution in [-0.2, 0) is 9.59 Å². The SMILES string of the molecule is CN1C(=O)COc2cc(NC(=O)NCCN3CCCC(C(N)=O)C3)ccc21. The predicted molar refractivity (Wildman–Crippen MR) is 101 cm³/mol. The highest BCUT2D eigenvalue weighted by Crippen LogP contribution is 2.33. The summed E-state index contributed by atoms with van der Waals surface area (Å²) in [6.45, 7) is 2.67. The quantitative estimate of drug-likeness (QED) is 0.687. The van der Waals surface area contributed by atoms with Crippen molar-refractivity contribution in [1.29, 1.82) is 0 Å². The molecule has 2 heterocycles. The van der Waals surface area contributed by atoms with Gasteiger partial charge in [-0.15, -0.1) is 0 Å². The molecule has 1 atom stereocenters. The van der Waals surface area contributed by atoms with Crippen LogP contribution in [0.2, 0.25) is 0 Å². The Bertz CT molecular complexity index is 738. The first-order valence-electron chi connectivity index (χ1n) is 9.04. The number of amides is 4. The van der Waals surface area contributed by atoms with Crippen molar-refractivity contribution in [2.45, 2.75) is 12.8 Å². The zero-order valence-corrected chi connectivity index (χ0v) is 15.4. The minimum Gasteiger partial charge on any atom is -0.481 e. The summed E-state index contributed by atoms with van der Waals surface area (Å²) in [7, 11) is 1.69. The number of nitrogens with one attached hydrogen (secondary N) is 2. The van der Waals surface area contributed by atoms with Gasteiger partial charge in [0.05, 0.1) is 11.6 Å². The number of ether oxygens (including phenoxy) is 1. The highest BCUT2D eigenvalue weighted by atomic mass is 16.5. The Balaban J connectivity index is 1.46. The average Bonchev–Trinajstić information content (AvgIpc) is 2.65. The molecule has 0 spiro atoms. The van der Waals surface area contributed by atoms with Gasteiger partial charge >= 0.3 is 6.03 Å². The van der Waals surface area contributed by atoms with Gasteiger partial charge in [0.25, 0.3) is 5.91 Å². The second kappa shape index (κ2) is 8.26. The summed E-state index contributed by atoms with van der Waals surface area (Å²) in [6, 6.07) is 4.83. The van der Waals surface area contributed by atoms with Gasteiger partial charge in [0, 0.05) is 38.4 Å². The molecule has 0 saturated carbocycles. The average molecular weight is 375 g/mol. The van der Waals surface area contributed by atoms with Crippen LogP contribution in [-0.4, -0.2) is 62.6 Å². The molecule has 0 aromatic heterocycles. The van der Waals surface area contributed by atoms with E-state index in [0.717, 1.165) is 19.4 Å². The minimum absolute atomic E-state index is 0.0126. The number of piperidine rings is 1. The summed E-state index contributed by atoms with van der Waals surface area (Å²) in [4.78, 5) is 38.7. The molecule has 0 bridgehead atoms. The number of benzene rings is 1. The van der Waals surface area contributed by atoms with Crippen LogP contribution in [0.25, 0.3) is 0 Å². The molecule has 1 unspecified atom stereocenters. The number of hydrogen-bond donors (Lipinski definition) is 3. The van der Waals surface area contributed by atoms with Crippen LogP contribution >= 0.6 is 0 Å². The maximum absolute atomic E-state index is 12.1. The van der Waals surface area contributed by atoms with Gasteiger partial charge in [0.1, 0.15) is 5.75 Å². The van der Waals surface area contributed by atoms with E-state index in [1.807, 2.05) is 0 Å². The van der Waals surface area contributed by atoms with E-state index in [9.17, 15) is 14.4 Å². The number of carbonyl (C=O) groups excluding carboxylic acids is 3. The van der Waals surface area contributed by atoms with Crippen molar-refractivity contribution in [2.24, 2.45) is 11.7 Å². The first-order valence-corrected chi connectivity index (χ1v) is 9.04. The Hall–Kier alpha value is -2.81. The van der Waals surface area contributed by atoms with E-state index in [4.69, 9.17) is 10.5 Å². The third-order valence-corrected chi connectivity index (χ3v) is 4.93. The van der Waals surface area contributed by atoms with E-state index in [1.54, 1.807) is 25.2 Å². The molecule has 27 heavy (non-hydrogen) atoms. The number of hydrogen-bond acceptors (Lipinski definition) is 5. The van der Waals surface area contributed by atoms with Gasteiger partial charge < -0.3 is 30.9 Å². The molecule has 4 N–H and O–H groups in total. The molecule has 9 nitrogen and oxygen atoms in total. The molecular weight excluding hydrogens is 350 g/mol. The Kier molecular flexibility index (Phi) is 5.80. The smallest absolute Gasteiger partial charge is 0.319 e. The summed E-state index contributed by atoms with van der Waals surface area (Å²) in [5.41, 5.74) is 6.64. The molecule has 1 aromatic carbocycles. The first kappa shape index (κ1) is 19.0. The minimum atomic E-state index is -0.321. The summed E-state index contributed by atoms with van der Waals surface area (Å²) < 4.78 is 5.41. The van der Waals surface area contributed by atoms with Crippen molar-refractivity contribution < 1.29 is 19.1 Å². The molecule has 3 rings (SSSR count). The molecule has 2 aliphatic heterocycles. The van der Waals surface area contributed by atoms with Crippen molar-refractivity contribution in [3.05, 3.63) is 18.2 Å². The van der Waals surface area contributed by atoms with Crippen LogP contribution in [0.1, 0.15) is 12.8 Å². The number of nitrogens with zero attached hydrogens (tertiary/aromatic N) is 2. The van der Waals surface area contributed by atoms with Gasteiger partial charge in [-0.1, -0.05) is 0 Å². The fourth-order valence-corrected chi connectivity index (χ4v) is 3.35. The number of likely N-dealkylation sites (tertiary alicyclic amines) is 1. The van der Waals surface area contributed by atoms with Gasteiger partial charge in [-0.2, -0.15) is 0 Å². The van der Waals surface area contributed by atoms with Gasteiger partial charge in [-0.25, -0.2) is 4.79 Å². The molecule has 0 aliphatic carbocycles. The number of urea groups is 1. The summed E-state index contributed by atoms with van der Waals surface area (Å²) in [6.07, 6.45) is 1.77. The second-order valence-corrected chi connectivity index (χ2v) is 6.85. The zero-order valence-electron chi connectivity index (χ0n) is 15.4. The Morgan fingerprint density at radius 3 is 2.96 bits per heavy atom. The molecule has 4 amide bonds. The number of anilines is 2. The van der Waals surface area contributed by atoms with Crippen molar-refractivity contribution in [3.63, 3.8) is 0 Å². The highest BCUT2D eigenvalue weighted by Gasteiger charge is 2.24. The lowest BCUT2D eigenvalue weighted by Gasteiger charge is -2.31. The van der Waals surface area contributed by atoms with Crippen LogP contribution < -0.4 is 26.0 Å². The van der Waals surface area contributed by atoms with Crippen LogP contribution in [0.3, 0.4) is 0 Å². The topological polar surface area (TPSA) is 117 Å². The van der Waals surface area contributed by atoms with Crippen LogP contribution in [0.15, 0.2) is 18.2 Å². The maximum Gasteiger partial charge on any atom is 0.319 e. The Labute approximate surface area is 157 Å². The van der Waals surface area contributed by atoms with Crippen molar-refractivity contribution >= 4 is 29.2 Å². The first-order chi connectivity index (χ1) is 12.9. The molecule has 1 aromatic rings. The van der Waals surface area contributed by atoms with Gasteiger partial charge in [0.15, 0.2) is 6.61 Å². The maximum atomic E-state index is 12.1. The van der Waals surface area contributed by atoms with E-state index in [-0.39, 0.29) is 30.4 Å². The van der Waals surface area contributed by atoms with Crippen molar-refractivity contribution in [1.82, 2.24) is 10.2 Å². The van der Waals surface area contributed by atoms with E-state index in [0.29, 0.717) is 36.8 Å². The standard InChI is InChI=1S/C18H25N5O4/c1-22-14-5-4-13(9-15(14)27-11-16(22)24)21-18(26)20-6-8-23-7-2-3-12(10-23)17(19)25/h4-5,9,12H,2-3,6-8,10-11H2,1H3,(H2,19,25)(H2,20,21,26). The van der Waals surface area contributed by atoms with Crippen molar-refractivity contribution in [3.8, 4) is 5.75 Å². The normalized spacial score (nSPS) is 19.8. The Morgan fingerprint density at radius 1 is 1.37 bits per heavy atom. The summed E-state index contributed by atoms with van der Waals surface area (Å²) >= 11 is 0. The lowest BCUT2D eigenvalue weighted by atomic mass is 9.97. The van der Waals surface area contributed by atoms with E-state index in [1.165, 1.54) is 4.90 Å². The molecule has 0 radical (unpaired) electrons. The van der Waals surface area contributed by atoms with E-state index in [2.05, 4.69) is 15.5 Å². The van der Waals surface area contributed by atoms with Crippen LogP contribution in [0, 0.1) is 5.92 Å². The largest absolute Gasteiger partial charge is 0.481 e. The van der Waals surface area contributed by atoms with Gasteiger partial charge in [-0.3, -0.25) is 9.59 Å². The number of rotatable bonds is 5. The predicted octanol–water partition coefficient (Wildman–Crippen LogP) is 0.361. The molecular formula is C18H25N5O4. The number of primary amides is 1. The van der Waals surface area contributed by atoms with Crippen molar-refractivity contribution in [2.75, 3.05) is 50.1 Å². The molecule has 1 fully saturated rings. The third-order valence-electron chi connectivity index (χ3n) is 4.93. The molecule has 9 heteroatoms. The lowest BCUT2D eigenvalue weighted by Crippen LogP contribution is -2.44. The fourth-order valence-electron chi connectivity index (χ4n) is 3.35. The number of nitrogens with two attached hydrogens (primary N) is 1. The lowest BCUT2D eigenvalue weighted by molar-refractivity contribution is -0.123. The van der Waals surface area contributed by atoms with Crippen LogP contribution in [0.4, 0.5) is 16.2 Å². The second-order valence-electron chi connectivity index (χ2n) is 6.85.